The molecule has 0 aliphatic carbocycles. The second-order valence-electron chi connectivity index (χ2n) is 3.43. The molecule has 0 bridgehead atoms. The molecule has 0 fully saturated rings. The van der Waals surface area contributed by atoms with Gasteiger partial charge in [-0.1, -0.05) is 29.3 Å². The lowest BCUT2D eigenvalue weighted by Crippen LogP contribution is -2.17. The van der Waals surface area contributed by atoms with Crippen LogP contribution in [0, 0.1) is 0 Å². The quantitative estimate of drug-likeness (QED) is 0.918. The fourth-order valence-electron chi connectivity index (χ4n) is 1.42. The predicted octanol–water partition coefficient (Wildman–Crippen LogP) is 4.13. The monoisotopic (exact) mass is 287 g/mol. The van der Waals surface area contributed by atoms with Crippen LogP contribution in [0.2, 0.25) is 10.0 Å². The molecule has 0 amide bonds. The van der Waals surface area contributed by atoms with Crippen molar-refractivity contribution >= 4 is 34.5 Å². The number of thiophene rings is 1. The molecule has 1 aromatic heterocycles. The first-order chi connectivity index (χ1) is 8.20. The number of ether oxygens (including phenoxy) is 1. The van der Waals surface area contributed by atoms with Crippen molar-refractivity contribution in [3.8, 4) is 5.75 Å². The molecule has 2 rings (SSSR count). The smallest absolute Gasteiger partial charge is 0.145 e. The van der Waals surface area contributed by atoms with Crippen LogP contribution in [0.3, 0.4) is 0 Å². The number of hydrogen-bond donors (Lipinski definition) is 1. The van der Waals surface area contributed by atoms with E-state index in [4.69, 9.17) is 33.7 Å². The van der Waals surface area contributed by atoms with Crippen LogP contribution in [0.15, 0.2) is 35.7 Å². The molecule has 0 aliphatic heterocycles. The van der Waals surface area contributed by atoms with Gasteiger partial charge in [0, 0.05) is 16.4 Å². The van der Waals surface area contributed by atoms with Gasteiger partial charge in [-0.25, -0.2) is 0 Å². The number of halogens is 2. The van der Waals surface area contributed by atoms with Gasteiger partial charge in [0.15, 0.2) is 0 Å². The van der Waals surface area contributed by atoms with E-state index in [2.05, 4.69) is 0 Å². The highest BCUT2D eigenvalue weighted by Crippen LogP contribution is 2.32. The minimum absolute atomic E-state index is 0.173. The van der Waals surface area contributed by atoms with Gasteiger partial charge in [0.05, 0.1) is 5.02 Å². The van der Waals surface area contributed by atoms with Gasteiger partial charge < -0.3 is 10.5 Å². The van der Waals surface area contributed by atoms with E-state index >= 15 is 0 Å². The van der Waals surface area contributed by atoms with Crippen LogP contribution in [0.4, 0.5) is 0 Å². The van der Waals surface area contributed by atoms with Crippen molar-refractivity contribution in [1.82, 2.24) is 0 Å². The predicted molar refractivity (Wildman–Crippen MR) is 73.2 cm³/mol. The zero-order valence-corrected chi connectivity index (χ0v) is 11.2. The number of nitrogens with two attached hydrogens (primary N) is 1. The molecular weight excluding hydrogens is 277 g/mol. The first kappa shape index (κ1) is 12.7. The van der Waals surface area contributed by atoms with Gasteiger partial charge in [-0.05, 0) is 29.6 Å². The SMILES string of the molecule is NCC(Oc1ccc(Cl)cc1Cl)c1cccs1. The second kappa shape index (κ2) is 5.74. The summed E-state index contributed by atoms with van der Waals surface area (Å²) in [5.41, 5.74) is 5.70. The highest BCUT2D eigenvalue weighted by atomic mass is 35.5. The summed E-state index contributed by atoms with van der Waals surface area (Å²) in [5, 5.41) is 3.07. The third-order valence-corrected chi connectivity index (χ3v) is 3.73. The van der Waals surface area contributed by atoms with Gasteiger partial charge in [-0.15, -0.1) is 11.3 Å². The third-order valence-electron chi connectivity index (χ3n) is 2.24. The Hall–Kier alpha value is -0.740. The largest absolute Gasteiger partial charge is 0.482 e. The first-order valence-electron chi connectivity index (χ1n) is 5.06. The van der Waals surface area contributed by atoms with E-state index in [1.165, 1.54) is 0 Å². The van der Waals surface area contributed by atoms with Crippen LogP contribution in [0.5, 0.6) is 5.75 Å². The van der Waals surface area contributed by atoms with Gasteiger partial charge in [0.25, 0.3) is 0 Å². The third kappa shape index (κ3) is 3.13. The van der Waals surface area contributed by atoms with E-state index in [1.54, 1.807) is 29.5 Å². The highest BCUT2D eigenvalue weighted by Gasteiger charge is 2.14. The standard InChI is InChI=1S/C12H11Cl2NOS/c13-8-3-4-10(9(14)6-8)16-11(7-15)12-2-1-5-17-12/h1-6,11H,7,15H2. The summed E-state index contributed by atoms with van der Waals surface area (Å²) in [6.45, 7) is 0.402. The molecule has 0 saturated heterocycles. The van der Waals surface area contributed by atoms with Crippen LogP contribution in [0.25, 0.3) is 0 Å². The Morgan fingerprint density at radius 3 is 2.71 bits per heavy atom. The zero-order valence-electron chi connectivity index (χ0n) is 8.90. The minimum Gasteiger partial charge on any atom is -0.482 e. The van der Waals surface area contributed by atoms with Crippen molar-refractivity contribution in [2.75, 3.05) is 6.54 Å². The summed E-state index contributed by atoms with van der Waals surface area (Å²) in [6.07, 6.45) is -0.173. The normalized spacial score (nSPS) is 12.4. The van der Waals surface area contributed by atoms with E-state index in [-0.39, 0.29) is 6.10 Å². The van der Waals surface area contributed by atoms with Crippen molar-refractivity contribution < 1.29 is 4.74 Å². The lowest BCUT2D eigenvalue weighted by molar-refractivity contribution is 0.218. The maximum atomic E-state index is 6.05. The van der Waals surface area contributed by atoms with Crippen LogP contribution >= 0.6 is 34.5 Å². The Kier molecular flexibility index (Phi) is 4.29. The second-order valence-corrected chi connectivity index (χ2v) is 5.26. The van der Waals surface area contributed by atoms with Crippen LogP contribution in [-0.2, 0) is 0 Å². The number of benzene rings is 1. The molecule has 0 spiro atoms. The topological polar surface area (TPSA) is 35.2 Å². The average molecular weight is 288 g/mol. The van der Waals surface area contributed by atoms with Crippen molar-refractivity contribution in [3.63, 3.8) is 0 Å². The fourth-order valence-corrected chi connectivity index (χ4v) is 2.64. The number of rotatable bonds is 4. The van der Waals surface area contributed by atoms with Gasteiger partial charge in [0.1, 0.15) is 11.9 Å². The van der Waals surface area contributed by atoms with Crippen molar-refractivity contribution in [2.45, 2.75) is 6.10 Å². The molecule has 90 valence electrons. The molecule has 17 heavy (non-hydrogen) atoms. The first-order valence-corrected chi connectivity index (χ1v) is 6.69. The molecule has 0 radical (unpaired) electrons. The summed E-state index contributed by atoms with van der Waals surface area (Å²) in [7, 11) is 0. The minimum atomic E-state index is -0.173. The summed E-state index contributed by atoms with van der Waals surface area (Å²) in [4.78, 5) is 1.08. The molecule has 1 aromatic carbocycles. The Morgan fingerprint density at radius 2 is 2.12 bits per heavy atom. The fraction of sp³-hybridized carbons (Fsp3) is 0.167. The Bertz CT molecular complexity index is 487. The molecule has 2 N–H and O–H groups in total. The van der Waals surface area contributed by atoms with Crippen LogP contribution < -0.4 is 10.5 Å². The zero-order chi connectivity index (χ0) is 12.3. The van der Waals surface area contributed by atoms with Crippen LogP contribution in [0.1, 0.15) is 11.0 Å². The summed E-state index contributed by atoms with van der Waals surface area (Å²) < 4.78 is 5.79. The Balaban J connectivity index is 2.19. The van der Waals surface area contributed by atoms with Crippen molar-refractivity contribution in [1.29, 1.82) is 0 Å². The molecule has 1 atom stereocenters. The van der Waals surface area contributed by atoms with E-state index in [0.717, 1.165) is 4.88 Å². The average Bonchev–Trinajstić information content (AvgIpc) is 2.81. The molecule has 2 aromatic rings. The van der Waals surface area contributed by atoms with Crippen LogP contribution in [-0.4, -0.2) is 6.54 Å². The lowest BCUT2D eigenvalue weighted by Gasteiger charge is -2.17. The summed E-state index contributed by atoms with van der Waals surface area (Å²) in [5.74, 6) is 0.597. The molecule has 5 heteroatoms. The summed E-state index contributed by atoms with van der Waals surface area (Å²) >= 11 is 13.5. The molecular formula is C12H11Cl2NOS. The van der Waals surface area contributed by atoms with E-state index < -0.39 is 0 Å². The molecule has 0 aliphatic rings. The van der Waals surface area contributed by atoms with E-state index in [9.17, 15) is 0 Å². The van der Waals surface area contributed by atoms with Gasteiger partial charge >= 0.3 is 0 Å². The Morgan fingerprint density at radius 1 is 1.29 bits per heavy atom. The maximum absolute atomic E-state index is 6.05. The molecule has 2 nitrogen and oxygen atoms in total. The lowest BCUT2D eigenvalue weighted by atomic mass is 10.3. The molecule has 0 saturated carbocycles. The van der Waals surface area contributed by atoms with E-state index in [1.807, 2.05) is 17.5 Å². The Labute approximate surface area is 114 Å². The van der Waals surface area contributed by atoms with Gasteiger partial charge in [-0.3, -0.25) is 0 Å². The summed E-state index contributed by atoms with van der Waals surface area (Å²) in [6, 6.07) is 9.10. The van der Waals surface area contributed by atoms with Crippen molar-refractivity contribution in [3.05, 3.63) is 50.6 Å². The van der Waals surface area contributed by atoms with E-state index in [0.29, 0.717) is 22.3 Å². The molecule has 1 unspecified atom stereocenters. The highest BCUT2D eigenvalue weighted by molar-refractivity contribution is 7.10. The van der Waals surface area contributed by atoms with Crippen molar-refractivity contribution in [2.24, 2.45) is 5.73 Å². The number of hydrogen-bond acceptors (Lipinski definition) is 3. The van der Waals surface area contributed by atoms with Gasteiger partial charge in [0.2, 0.25) is 0 Å². The molecule has 1 heterocycles. The maximum Gasteiger partial charge on any atom is 0.145 e. The van der Waals surface area contributed by atoms with Gasteiger partial charge in [-0.2, -0.15) is 0 Å².